The predicted molar refractivity (Wildman–Crippen MR) is 98.1 cm³/mol. The van der Waals surface area contributed by atoms with E-state index >= 15 is 0 Å². The minimum absolute atomic E-state index is 0.00788. The lowest BCUT2D eigenvalue weighted by Crippen LogP contribution is -2.38. The lowest BCUT2D eigenvalue weighted by Gasteiger charge is -2.23. The van der Waals surface area contributed by atoms with Gasteiger partial charge in [-0.25, -0.2) is 4.79 Å². The number of rotatable bonds is 4. The standard InChI is InChI=1S/C18H26N6O3/c1-12(2)16-9-15(21-27-16)17(25)19-10-13-8-14-11-23(18(26)22(3)4)6-5-7-24(14)20-13/h8-9,12H,5-7,10-11H2,1-4H3,(H,19,25). The average Bonchev–Trinajstić information content (AvgIpc) is 3.22. The maximum atomic E-state index is 12.2. The molecule has 2 aromatic rings. The molecule has 9 nitrogen and oxygen atoms in total. The Hall–Kier alpha value is -2.84. The van der Waals surface area contributed by atoms with Crippen LogP contribution in [-0.2, 0) is 19.6 Å². The Balaban J connectivity index is 1.63. The smallest absolute Gasteiger partial charge is 0.319 e. The van der Waals surface area contributed by atoms with Crippen LogP contribution in [0.1, 0.15) is 53.8 Å². The van der Waals surface area contributed by atoms with Crippen molar-refractivity contribution in [1.82, 2.24) is 30.1 Å². The van der Waals surface area contributed by atoms with E-state index in [0.717, 1.165) is 24.4 Å². The van der Waals surface area contributed by atoms with Crippen LogP contribution in [0.5, 0.6) is 0 Å². The minimum atomic E-state index is -0.293. The number of aryl methyl sites for hydroxylation is 1. The van der Waals surface area contributed by atoms with Gasteiger partial charge in [0.2, 0.25) is 0 Å². The van der Waals surface area contributed by atoms with Gasteiger partial charge in [-0.1, -0.05) is 19.0 Å². The molecule has 2 aromatic heterocycles. The molecule has 146 valence electrons. The molecule has 3 heterocycles. The second-order valence-corrected chi connectivity index (χ2v) is 7.25. The van der Waals surface area contributed by atoms with E-state index in [4.69, 9.17) is 4.52 Å². The monoisotopic (exact) mass is 374 g/mol. The van der Waals surface area contributed by atoms with Crippen molar-refractivity contribution in [3.8, 4) is 0 Å². The highest BCUT2D eigenvalue weighted by molar-refractivity contribution is 5.92. The largest absolute Gasteiger partial charge is 0.360 e. The lowest BCUT2D eigenvalue weighted by molar-refractivity contribution is 0.0941. The minimum Gasteiger partial charge on any atom is -0.360 e. The fourth-order valence-corrected chi connectivity index (χ4v) is 2.98. The fraction of sp³-hybridized carbons (Fsp3) is 0.556. The zero-order chi connectivity index (χ0) is 19.6. The van der Waals surface area contributed by atoms with Gasteiger partial charge in [0.05, 0.1) is 24.5 Å². The first-order chi connectivity index (χ1) is 12.8. The Morgan fingerprint density at radius 1 is 1.30 bits per heavy atom. The lowest BCUT2D eigenvalue weighted by atomic mass is 10.1. The number of carbonyl (C=O) groups is 2. The van der Waals surface area contributed by atoms with Crippen molar-refractivity contribution in [3.05, 3.63) is 35.0 Å². The molecule has 0 saturated heterocycles. The summed E-state index contributed by atoms with van der Waals surface area (Å²) in [6, 6.07) is 3.59. The number of carbonyl (C=O) groups excluding carboxylic acids is 2. The van der Waals surface area contributed by atoms with Crippen LogP contribution in [0.3, 0.4) is 0 Å². The number of amides is 3. The summed E-state index contributed by atoms with van der Waals surface area (Å²) in [7, 11) is 3.50. The molecule has 1 N–H and O–H groups in total. The summed E-state index contributed by atoms with van der Waals surface area (Å²) >= 11 is 0. The third kappa shape index (κ3) is 4.29. The molecule has 27 heavy (non-hydrogen) atoms. The van der Waals surface area contributed by atoms with E-state index in [2.05, 4.69) is 15.6 Å². The van der Waals surface area contributed by atoms with Crippen molar-refractivity contribution in [1.29, 1.82) is 0 Å². The molecule has 0 unspecified atom stereocenters. The summed E-state index contributed by atoms with van der Waals surface area (Å²) in [4.78, 5) is 27.9. The SMILES string of the molecule is CC(C)c1cc(C(=O)NCc2cc3n(n2)CCCN(C(=O)N(C)C)C3)no1. The highest BCUT2D eigenvalue weighted by atomic mass is 16.5. The molecule has 0 aliphatic carbocycles. The summed E-state index contributed by atoms with van der Waals surface area (Å²) < 4.78 is 7.08. The molecule has 0 aromatic carbocycles. The summed E-state index contributed by atoms with van der Waals surface area (Å²) in [5.74, 6) is 0.563. The van der Waals surface area contributed by atoms with Gasteiger partial charge in [0.25, 0.3) is 5.91 Å². The van der Waals surface area contributed by atoms with Crippen LogP contribution in [0.2, 0.25) is 0 Å². The van der Waals surface area contributed by atoms with Gasteiger partial charge < -0.3 is 19.6 Å². The Kier molecular flexibility index (Phi) is 5.48. The Morgan fingerprint density at radius 2 is 2.07 bits per heavy atom. The second-order valence-electron chi connectivity index (χ2n) is 7.25. The molecule has 0 atom stereocenters. The molecule has 0 radical (unpaired) electrons. The number of urea groups is 1. The topological polar surface area (TPSA) is 96.5 Å². The van der Waals surface area contributed by atoms with Crippen LogP contribution in [0.15, 0.2) is 16.7 Å². The molecular weight excluding hydrogens is 348 g/mol. The Labute approximate surface area is 158 Å². The van der Waals surface area contributed by atoms with Crippen LogP contribution in [0.4, 0.5) is 4.79 Å². The van der Waals surface area contributed by atoms with E-state index < -0.39 is 0 Å². The van der Waals surface area contributed by atoms with Gasteiger partial charge in [-0.3, -0.25) is 9.48 Å². The van der Waals surface area contributed by atoms with Gasteiger partial charge in [-0.2, -0.15) is 5.10 Å². The van der Waals surface area contributed by atoms with Gasteiger partial charge in [-0.15, -0.1) is 0 Å². The van der Waals surface area contributed by atoms with Crippen LogP contribution < -0.4 is 5.32 Å². The van der Waals surface area contributed by atoms with Crippen molar-refractivity contribution in [3.63, 3.8) is 0 Å². The fourth-order valence-electron chi connectivity index (χ4n) is 2.98. The summed E-state index contributed by atoms with van der Waals surface area (Å²) in [6.45, 7) is 6.22. The second kappa shape index (κ2) is 7.81. The number of nitrogens with zero attached hydrogens (tertiary/aromatic N) is 5. The van der Waals surface area contributed by atoms with Gasteiger partial charge in [0, 0.05) is 39.2 Å². The van der Waals surface area contributed by atoms with Crippen molar-refractivity contribution < 1.29 is 14.1 Å². The molecule has 0 saturated carbocycles. The van der Waals surface area contributed by atoms with E-state index in [1.807, 2.05) is 29.5 Å². The van der Waals surface area contributed by atoms with Crippen LogP contribution in [0.25, 0.3) is 0 Å². The van der Waals surface area contributed by atoms with Crippen molar-refractivity contribution in [2.75, 3.05) is 20.6 Å². The van der Waals surface area contributed by atoms with Crippen molar-refractivity contribution in [2.45, 2.75) is 45.8 Å². The molecule has 0 bridgehead atoms. The van der Waals surface area contributed by atoms with E-state index in [9.17, 15) is 9.59 Å². The number of hydrogen-bond donors (Lipinski definition) is 1. The Morgan fingerprint density at radius 3 is 2.74 bits per heavy atom. The molecule has 3 rings (SSSR count). The number of fused-ring (bicyclic) bond motifs is 1. The molecule has 3 amide bonds. The third-order valence-corrected chi connectivity index (χ3v) is 4.48. The number of aromatic nitrogens is 3. The first kappa shape index (κ1) is 18.9. The molecule has 1 aliphatic heterocycles. The summed E-state index contributed by atoms with van der Waals surface area (Å²) in [6.07, 6.45) is 0.844. The summed E-state index contributed by atoms with van der Waals surface area (Å²) in [5.41, 5.74) is 1.99. The zero-order valence-corrected chi connectivity index (χ0v) is 16.2. The quantitative estimate of drug-likeness (QED) is 0.880. The molecule has 0 spiro atoms. The average molecular weight is 374 g/mol. The first-order valence-corrected chi connectivity index (χ1v) is 9.11. The third-order valence-electron chi connectivity index (χ3n) is 4.48. The Bertz CT molecular complexity index is 823. The molecule has 0 fully saturated rings. The van der Waals surface area contributed by atoms with Gasteiger partial charge >= 0.3 is 6.03 Å². The molecular formula is C18H26N6O3. The number of hydrogen-bond acceptors (Lipinski definition) is 5. The van der Waals surface area contributed by atoms with E-state index in [-0.39, 0.29) is 23.6 Å². The molecule has 9 heteroatoms. The molecule has 1 aliphatic rings. The van der Waals surface area contributed by atoms with E-state index in [0.29, 0.717) is 25.4 Å². The normalized spacial score (nSPS) is 14.0. The highest BCUT2D eigenvalue weighted by Crippen LogP contribution is 2.16. The van der Waals surface area contributed by atoms with Crippen LogP contribution in [-0.4, -0.2) is 57.3 Å². The predicted octanol–water partition coefficient (Wildman–Crippen LogP) is 1.81. The first-order valence-electron chi connectivity index (χ1n) is 9.11. The van der Waals surface area contributed by atoms with Crippen molar-refractivity contribution >= 4 is 11.9 Å². The van der Waals surface area contributed by atoms with Gasteiger partial charge in [-0.05, 0) is 12.5 Å². The van der Waals surface area contributed by atoms with E-state index in [1.54, 1.807) is 25.1 Å². The maximum absolute atomic E-state index is 12.2. The highest BCUT2D eigenvalue weighted by Gasteiger charge is 2.22. The van der Waals surface area contributed by atoms with Gasteiger partial charge in [0.1, 0.15) is 5.76 Å². The number of nitrogens with one attached hydrogen (secondary N) is 1. The van der Waals surface area contributed by atoms with Crippen molar-refractivity contribution in [2.24, 2.45) is 0 Å². The van der Waals surface area contributed by atoms with E-state index in [1.165, 1.54) is 0 Å². The van der Waals surface area contributed by atoms with Crippen LogP contribution >= 0.6 is 0 Å². The zero-order valence-electron chi connectivity index (χ0n) is 16.2. The van der Waals surface area contributed by atoms with Crippen LogP contribution in [0, 0.1) is 0 Å². The maximum Gasteiger partial charge on any atom is 0.319 e. The summed E-state index contributed by atoms with van der Waals surface area (Å²) in [5, 5.41) is 11.2. The van der Waals surface area contributed by atoms with Gasteiger partial charge in [0.15, 0.2) is 5.69 Å².